The molecule has 0 fully saturated rings. The summed E-state index contributed by atoms with van der Waals surface area (Å²) in [7, 11) is 0. The van der Waals surface area contributed by atoms with Gasteiger partial charge in [-0.05, 0) is 37.1 Å². The number of hydrogen-bond donors (Lipinski definition) is 2. The first-order valence-electron chi connectivity index (χ1n) is 9.63. The zero-order chi connectivity index (χ0) is 20.9. The molecule has 30 heavy (non-hydrogen) atoms. The number of amides is 2. The van der Waals surface area contributed by atoms with Crippen molar-refractivity contribution in [3.8, 4) is 17.3 Å². The second-order valence-corrected chi connectivity index (χ2v) is 6.81. The third-order valence-corrected chi connectivity index (χ3v) is 4.76. The SMILES string of the molecule is Cc1cccc(NC(=O)NCCOc2ccc3nnc(-c4ccccc4)n3n2)c1C. The van der Waals surface area contributed by atoms with Crippen LogP contribution in [0.5, 0.6) is 5.88 Å². The molecule has 4 rings (SSSR count). The van der Waals surface area contributed by atoms with E-state index in [9.17, 15) is 4.79 Å². The van der Waals surface area contributed by atoms with Crippen molar-refractivity contribution in [1.29, 1.82) is 0 Å². The fourth-order valence-electron chi connectivity index (χ4n) is 2.99. The van der Waals surface area contributed by atoms with Gasteiger partial charge in [0.05, 0.1) is 6.54 Å². The van der Waals surface area contributed by atoms with Crippen LogP contribution in [0.15, 0.2) is 60.7 Å². The van der Waals surface area contributed by atoms with Crippen molar-refractivity contribution in [3.05, 3.63) is 71.8 Å². The minimum atomic E-state index is -0.277. The molecule has 0 unspecified atom stereocenters. The van der Waals surface area contributed by atoms with Crippen LogP contribution in [0.3, 0.4) is 0 Å². The van der Waals surface area contributed by atoms with Gasteiger partial charge in [-0.1, -0.05) is 42.5 Å². The normalized spacial score (nSPS) is 10.7. The molecule has 2 N–H and O–H groups in total. The molecule has 0 saturated heterocycles. The predicted molar refractivity (Wildman–Crippen MR) is 115 cm³/mol. The van der Waals surface area contributed by atoms with E-state index in [4.69, 9.17) is 4.74 Å². The van der Waals surface area contributed by atoms with E-state index in [2.05, 4.69) is 25.9 Å². The van der Waals surface area contributed by atoms with E-state index >= 15 is 0 Å². The van der Waals surface area contributed by atoms with Gasteiger partial charge in [-0.2, -0.15) is 4.52 Å². The molecule has 0 saturated carbocycles. The zero-order valence-corrected chi connectivity index (χ0v) is 16.8. The van der Waals surface area contributed by atoms with E-state index in [1.807, 2.05) is 62.4 Å². The Morgan fingerprint density at radius 3 is 2.67 bits per heavy atom. The lowest BCUT2D eigenvalue weighted by molar-refractivity contribution is 0.246. The molecule has 0 bridgehead atoms. The van der Waals surface area contributed by atoms with Crippen LogP contribution in [-0.2, 0) is 0 Å². The van der Waals surface area contributed by atoms with Gasteiger partial charge in [0.15, 0.2) is 11.5 Å². The number of ether oxygens (including phenoxy) is 1. The molecule has 2 heterocycles. The van der Waals surface area contributed by atoms with Crippen LogP contribution in [-0.4, -0.2) is 39.0 Å². The lowest BCUT2D eigenvalue weighted by atomic mass is 10.1. The van der Waals surface area contributed by atoms with Gasteiger partial charge in [0, 0.05) is 17.3 Å². The summed E-state index contributed by atoms with van der Waals surface area (Å²) < 4.78 is 7.33. The number of urea groups is 1. The van der Waals surface area contributed by atoms with Gasteiger partial charge in [0.2, 0.25) is 5.88 Å². The number of nitrogens with one attached hydrogen (secondary N) is 2. The Bertz CT molecular complexity index is 1170. The quantitative estimate of drug-likeness (QED) is 0.481. The third-order valence-electron chi connectivity index (χ3n) is 4.76. The van der Waals surface area contributed by atoms with Gasteiger partial charge in [-0.3, -0.25) is 0 Å². The highest BCUT2D eigenvalue weighted by atomic mass is 16.5. The molecule has 0 radical (unpaired) electrons. The van der Waals surface area contributed by atoms with E-state index in [-0.39, 0.29) is 12.6 Å². The van der Waals surface area contributed by atoms with Crippen molar-refractivity contribution >= 4 is 17.4 Å². The smallest absolute Gasteiger partial charge is 0.319 e. The molecule has 2 aromatic carbocycles. The maximum Gasteiger partial charge on any atom is 0.319 e. The second-order valence-electron chi connectivity index (χ2n) is 6.81. The molecule has 0 aliphatic heterocycles. The molecule has 0 atom stereocenters. The van der Waals surface area contributed by atoms with Crippen LogP contribution in [0, 0.1) is 13.8 Å². The summed E-state index contributed by atoms with van der Waals surface area (Å²) in [4.78, 5) is 12.1. The van der Waals surface area contributed by atoms with Gasteiger partial charge in [-0.25, -0.2) is 4.79 Å². The second kappa shape index (κ2) is 8.60. The number of aromatic nitrogens is 4. The van der Waals surface area contributed by atoms with E-state index in [0.29, 0.717) is 23.9 Å². The van der Waals surface area contributed by atoms with Crippen molar-refractivity contribution < 1.29 is 9.53 Å². The number of rotatable bonds is 6. The molecule has 4 aromatic rings. The number of hydrogen-bond acceptors (Lipinski definition) is 5. The average Bonchev–Trinajstić information content (AvgIpc) is 3.18. The number of aryl methyl sites for hydroxylation is 1. The fourth-order valence-corrected chi connectivity index (χ4v) is 2.99. The Balaban J connectivity index is 1.34. The molecule has 0 aliphatic rings. The summed E-state index contributed by atoms with van der Waals surface area (Å²) in [5.74, 6) is 1.07. The zero-order valence-electron chi connectivity index (χ0n) is 16.8. The molecular formula is C22H22N6O2. The molecule has 8 heteroatoms. The maximum atomic E-state index is 12.1. The van der Waals surface area contributed by atoms with Crippen LogP contribution in [0.1, 0.15) is 11.1 Å². The summed E-state index contributed by atoms with van der Waals surface area (Å²) in [6, 6.07) is 18.8. The van der Waals surface area contributed by atoms with Crippen molar-refractivity contribution in [1.82, 2.24) is 25.1 Å². The topological polar surface area (TPSA) is 93.4 Å². The summed E-state index contributed by atoms with van der Waals surface area (Å²) in [5.41, 5.74) is 4.51. The molecule has 2 amide bonds. The first-order valence-corrected chi connectivity index (χ1v) is 9.63. The maximum absolute atomic E-state index is 12.1. The number of nitrogens with zero attached hydrogens (tertiary/aromatic N) is 4. The Kier molecular flexibility index (Phi) is 5.56. The first-order chi connectivity index (χ1) is 14.6. The first kappa shape index (κ1) is 19.4. The largest absolute Gasteiger partial charge is 0.475 e. The van der Waals surface area contributed by atoms with Gasteiger partial charge in [0.1, 0.15) is 6.61 Å². The van der Waals surface area contributed by atoms with Crippen molar-refractivity contribution in [2.75, 3.05) is 18.5 Å². The van der Waals surface area contributed by atoms with E-state index in [1.54, 1.807) is 16.6 Å². The van der Waals surface area contributed by atoms with Crippen LogP contribution < -0.4 is 15.4 Å². The third kappa shape index (κ3) is 4.22. The molecule has 0 aliphatic carbocycles. The van der Waals surface area contributed by atoms with Crippen LogP contribution in [0.4, 0.5) is 10.5 Å². The summed E-state index contributed by atoms with van der Waals surface area (Å²) in [6.45, 7) is 4.60. The molecule has 8 nitrogen and oxygen atoms in total. The van der Waals surface area contributed by atoms with Crippen LogP contribution >= 0.6 is 0 Å². The van der Waals surface area contributed by atoms with Gasteiger partial charge in [0.25, 0.3) is 0 Å². The highest BCUT2D eigenvalue weighted by Crippen LogP contribution is 2.19. The summed E-state index contributed by atoms with van der Waals surface area (Å²) >= 11 is 0. The van der Waals surface area contributed by atoms with E-state index < -0.39 is 0 Å². The number of benzene rings is 2. The van der Waals surface area contributed by atoms with Crippen LogP contribution in [0.25, 0.3) is 17.0 Å². The lowest BCUT2D eigenvalue weighted by Gasteiger charge is -2.11. The van der Waals surface area contributed by atoms with Crippen molar-refractivity contribution in [2.24, 2.45) is 0 Å². The molecule has 152 valence electrons. The van der Waals surface area contributed by atoms with Crippen LogP contribution in [0.2, 0.25) is 0 Å². The van der Waals surface area contributed by atoms with Crippen molar-refractivity contribution in [2.45, 2.75) is 13.8 Å². The van der Waals surface area contributed by atoms with Gasteiger partial charge >= 0.3 is 6.03 Å². The highest BCUT2D eigenvalue weighted by molar-refractivity contribution is 5.90. The molecule has 0 spiro atoms. The van der Waals surface area contributed by atoms with E-state index in [0.717, 1.165) is 22.4 Å². The molecule has 2 aromatic heterocycles. The minimum absolute atomic E-state index is 0.277. The standard InChI is InChI=1S/C22H22N6O2/c1-15-7-6-10-18(16(15)2)24-22(29)23-13-14-30-20-12-11-19-25-26-21(28(19)27-20)17-8-4-3-5-9-17/h3-12H,13-14H2,1-2H3,(H2,23,24,29). The van der Waals surface area contributed by atoms with Gasteiger partial charge in [-0.15, -0.1) is 15.3 Å². The average molecular weight is 402 g/mol. The Hall–Kier alpha value is -3.94. The Morgan fingerprint density at radius 2 is 1.83 bits per heavy atom. The lowest BCUT2D eigenvalue weighted by Crippen LogP contribution is -2.32. The monoisotopic (exact) mass is 402 g/mol. The van der Waals surface area contributed by atoms with E-state index in [1.165, 1.54) is 0 Å². The number of carbonyl (C=O) groups is 1. The minimum Gasteiger partial charge on any atom is -0.475 e. The fraction of sp³-hybridized carbons (Fsp3) is 0.182. The molecular weight excluding hydrogens is 380 g/mol. The number of anilines is 1. The van der Waals surface area contributed by atoms with Crippen molar-refractivity contribution in [3.63, 3.8) is 0 Å². The van der Waals surface area contributed by atoms with Gasteiger partial charge < -0.3 is 15.4 Å². The Labute approximate surface area is 173 Å². The highest BCUT2D eigenvalue weighted by Gasteiger charge is 2.10. The predicted octanol–water partition coefficient (Wildman–Crippen LogP) is 3.61. The Morgan fingerprint density at radius 1 is 1.00 bits per heavy atom. The number of carbonyl (C=O) groups excluding carboxylic acids is 1. The number of fused-ring (bicyclic) bond motifs is 1. The summed E-state index contributed by atoms with van der Waals surface area (Å²) in [5, 5.41) is 18.4. The summed E-state index contributed by atoms with van der Waals surface area (Å²) in [6.07, 6.45) is 0.